The van der Waals surface area contributed by atoms with Crippen LogP contribution in [0.25, 0.3) is 11.0 Å². The Kier molecular flexibility index (Phi) is 2.23. The third-order valence-corrected chi connectivity index (χ3v) is 1.97. The van der Waals surface area contributed by atoms with Gasteiger partial charge in [-0.15, -0.1) is 0 Å². The van der Waals surface area contributed by atoms with Crippen molar-refractivity contribution in [3.8, 4) is 0 Å². The number of furan rings is 1. The molecule has 1 aromatic carbocycles. The first-order valence-electron chi connectivity index (χ1n) is 4.45. The monoisotopic (exact) mass is 190 g/mol. The summed E-state index contributed by atoms with van der Waals surface area (Å²) >= 11 is 0. The minimum absolute atomic E-state index is 0.314. The molecule has 3 heteroatoms. The first kappa shape index (κ1) is 8.81. The maximum atomic E-state index is 11.3. The van der Waals surface area contributed by atoms with Gasteiger partial charge >= 0.3 is 5.97 Å². The zero-order valence-electron chi connectivity index (χ0n) is 7.82. The van der Waals surface area contributed by atoms with E-state index in [0.29, 0.717) is 17.8 Å². The lowest BCUT2D eigenvalue weighted by molar-refractivity contribution is 0.0526. The fraction of sp³-hybridized carbons (Fsp3) is 0.182. The van der Waals surface area contributed by atoms with Crippen molar-refractivity contribution in [1.29, 1.82) is 0 Å². The van der Waals surface area contributed by atoms with Crippen LogP contribution in [0.3, 0.4) is 0 Å². The summed E-state index contributed by atoms with van der Waals surface area (Å²) in [4.78, 5) is 11.3. The van der Waals surface area contributed by atoms with Crippen molar-refractivity contribution in [2.24, 2.45) is 0 Å². The molecule has 0 saturated carbocycles. The molecule has 0 amide bonds. The molecule has 0 fully saturated rings. The number of fused-ring (bicyclic) bond motifs is 1. The van der Waals surface area contributed by atoms with Crippen molar-refractivity contribution in [2.75, 3.05) is 6.61 Å². The van der Waals surface area contributed by atoms with E-state index in [-0.39, 0.29) is 5.97 Å². The zero-order chi connectivity index (χ0) is 9.97. The first-order chi connectivity index (χ1) is 6.81. The molecule has 2 rings (SSSR count). The molecule has 0 aliphatic carbocycles. The molecule has 0 N–H and O–H groups in total. The molecule has 2 aromatic rings. The predicted molar refractivity (Wildman–Crippen MR) is 52.2 cm³/mol. The molecule has 0 aliphatic heterocycles. The molecule has 3 nitrogen and oxygen atoms in total. The highest BCUT2D eigenvalue weighted by Gasteiger charge is 2.07. The van der Waals surface area contributed by atoms with Crippen LogP contribution in [0.4, 0.5) is 0 Å². The van der Waals surface area contributed by atoms with Gasteiger partial charge in [0.25, 0.3) is 0 Å². The highest BCUT2D eigenvalue weighted by atomic mass is 16.5. The van der Waals surface area contributed by atoms with Gasteiger partial charge in [0.1, 0.15) is 5.58 Å². The second-order valence-corrected chi connectivity index (χ2v) is 2.89. The summed E-state index contributed by atoms with van der Waals surface area (Å²) in [6, 6.07) is 7.11. The van der Waals surface area contributed by atoms with E-state index >= 15 is 0 Å². The number of rotatable bonds is 2. The summed E-state index contributed by atoms with van der Waals surface area (Å²) < 4.78 is 10.1. The maximum Gasteiger partial charge on any atom is 0.338 e. The van der Waals surface area contributed by atoms with Gasteiger partial charge in [-0.3, -0.25) is 0 Å². The number of carbonyl (C=O) groups is 1. The van der Waals surface area contributed by atoms with Crippen LogP contribution in [0.5, 0.6) is 0 Å². The molecule has 0 aliphatic rings. The summed E-state index contributed by atoms with van der Waals surface area (Å²) in [6.45, 7) is 2.17. The van der Waals surface area contributed by atoms with Gasteiger partial charge in [0, 0.05) is 5.39 Å². The first-order valence-corrected chi connectivity index (χ1v) is 4.45. The van der Waals surface area contributed by atoms with Gasteiger partial charge in [-0.05, 0) is 25.1 Å². The van der Waals surface area contributed by atoms with Gasteiger partial charge in [-0.1, -0.05) is 6.07 Å². The minimum Gasteiger partial charge on any atom is -0.464 e. The second kappa shape index (κ2) is 3.54. The van der Waals surface area contributed by atoms with Crippen LogP contribution >= 0.6 is 0 Å². The van der Waals surface area contributed by atoms with E-state index in [2.05, 4.69) is 0 Å². The average Bonchev–Trinajstić information content (AvgIpc) is 2.64. The summed E-state index contributed by atoms with van der Waals surface area (Å²) in [6.07, 6.45) is 1.60. The van der Waals surface area contributed by atoms with Crippen LogP contribution in [-0.4, -0.2) is 12.6 Å². The summed E-state index contributed by atoms with van der Waals surface area (Å²) in [5, 5.41) is 0.984. The van der Waals surface area contributed by atoms with E-state index in [1.807, 2.05) is 12.1 Å². The van der Waals surface area contributed by atoms with Crippen LogP contribution in [-0.2, 0) is 4.74 Å². The fourth-order valence-electron chi connectivity index (χ4n) is 1.30. The zero-order valence-corrected chi connectivity index (χ0v) is 7.82. The Balaban J connectivity index is 2.38. The van der Waals surface area contributed by atoms with Gasteiger partial charge in [0.15, 0.2) is 0 Å². The summed E-state index contributed by atoms with van der Waals surface area (Å²) in [7, 11) is 0. The molecule has 0 unspecified atom stereocenters. The Hall–Kier alpha value is -1.77. The Morgan fingerprint density at radius 3 is 3.07 bits per heavy atom. The summed E-state index contributed by atoms with van der Waals surface area (Å²) in [5.74, 6) is -0.314. The molecule has 72 valence electrons. The number of hydrogen-bond acceptors (Lipinski definition) is 3. The van der Waals surface area contributed by atoms with Gasteiger partial charge in [0.05, 0.1) is 18.4 Å². The van der Waals surface area contributed by atoms with Gasteiger partial charge in [-0.2, -0.15) is 0 Å². The van der Waals surface area contributed by atoms with Crippen molar-refractivity contribution in [3.05, 3.63) is 36.1 Å². The molecule has 0 bridgehead atoms. The number of ether oxygens (including phenoxy) is 1. The SMILES string of the molecule is CCOC(=O)c1ccc2ccoc2c1. The lowest BCUT2D eigenvalue weighted by atomic mass is 10.2. The molecule has 1 aromatic heterocycles. The number of carbonyl (C=O) groups excluding carboxylic acids is 1. The van der Waals surface area contributed by atoms with Crippen molar-refractivity contribution < 1.29 is 13.9 Å². The lowest BCUT2D eigenvalue weighted by Crippen LogP contribution is -2.03. The van der Waals surface area contributed by atoms with Crippen LogP contribution in [0.2, 0.25) is 0 Å². The van der Waals surface area contributed by atoms with Crippen LogP contribution in [0.15, 0.2) is 34.9 Å². The Morgan fingerprint density at radius 1 is 1.43 bits per heavy atom. The molecule has 0 radical (unpaired) electrons. The smallest absolute Gasteiger partial charge is 0.338 e. The standard InChI is InChI=1S/C11H10O3/c1-2-13-11(12)9-4-3-8-5-6-14-10(8)7-9/h3-7H,2H2,1H3. The van der Waals surface area contributed by atoms with E-state index in [4.69, 9.17) is 9.15 Å². The second-order valence-electron chi connectivity index (χ2n) is 2.89. The maximum absolute atomic E-state index is 11.3. The fourth-order valence-corrected chi connectivity index (χ4v) is 1.30. The average molecular weight is 190 g/mol. The third-order valence-electron chi connectivity index (χ3n) is 1.97. The molecule has 0 atom stereocenters. The van der Waals surface area contributed by atoms with Crippen molar-refractivity contribution in [2.45, 2.75) is 6.92 Å². The van der Waals surface area contributed by atoms with Gasteiger partial charge < -0.3 is 9.15 Å². The third kappa shape index (κ3) is 1.48. The van der Waals surface area contributed by atoms with Gasteiger partial charge in [0.2, 0.25) is 0 Å². The Labute approximate surface area is 81.3 Å². The van der Waals surface area contributed by atoms with Crippen molar-refractivity contribution in [1.82, 2.24) is 0 Å². The topological polar surface area (TPSA) is 39.4 Å². The normalized spacial score (nSPS) is 10.4. The molecule has 14 heavy (non-hydrogen) atoms. The van der Waals surface area contributed by atoms with E-state index in [1.54, 1.807) is 25.3 Å². The highest BCUT2D eigenvalue weighted by Crippen LogP contribution is 2.17. The molecule has 0 saturated heterocycles. The van der Waals surface area contributed by atoms with E-state index in [9.17, 15) is 4.79 Å². The molecular weight excluding hydrogens is 180 g/mol. The molecular formula is C11H10O3. The predicted octanol–water partition coefficient (Wildman–Crippen LogP) is 2.61. The number of esters is 1. The largest absolute Gasteiger partial charge is 0.464 e. The van der Waals surface area contributed by atoms with E-state index < -0.39 is 0 Å². The van der Waals surface area contributed by atoms with Crippen LogP contribution in [0, 0.1) is 0 Å². The number of benzene rings is 1. The van der Waals surface area contributed by atoms with E-state index in [0.717, 1.165) is 5.39 Å². The Bertz CT molecular complexity index is 456. The van der Waals surface area contributed by atoms with Crippen molar-refractivity contribution in [3.63, 3.8) is 0 Å². The number of hydrogen-bond donors (Lipinski definition) is 0. The Morgan fingerprint density at radius 2 is 2.29 bits per heavy atom. The highest BCUT2D eigenvalue weighted by molar-refractivity contribution is 5.93. The summed E-state index contributed by atoms with van der Waals surface area (Å²) in [5.41, 5.74) is 1.23. The quantitative estimate of drug-likeness (QED) is 0.683. The molecule has 1 heterocycles. The van der Waals surface area contributed by atoms with E-state index in [1.165, 1.54) is 0 Å². The van der Waals surface area contributed by atoms with Crippen LogP contribution in [0.1, 0.15) is 17.3 Å². The van der Waals surface area contributed by atoms with Crippen LogP contribution < -0.4 is 0 Å². The van der Waals surface area contributed by atoms with Gasteiger partial charge in [-0.25, -0.2) is 4.79 Å². The lowest BCUT2D eigenvalue weighted by Gasteiger charge is -2.00. The molecule has 0 spiro atoms. The van der Waals surface area contributed by atoms with Crippen molar-refractivity contribution >= 4 is 16.9 Å². The minimum atomic E-state index is -0.314.